The van der Waals surface area contributed by atoms with Gasteiger partial charge in [0, 0.05) is 5.56 Å². The van der Waals surface area contributed by atoms with Gasteiger partial charge in [0.2, 0.25) is 0 Å². The highest BCUT2D eigenvalue weighted by atomic mass is 19.4. The molecule has 1 heterocycles. The predicted octanol–water partition coefficient (Wildman–Crippen LogP) is 2.62. The molecule has 3 rings (SSSR count). The van der Waals surface area contributed by atoms with Crippen molar-refractivity contribution in [3.05, 3.63) is 65.7 Å². The molecule has 0 bridgehead atoms. The minimum Gasteiger partial charge on any atom is -0.359 e. The van der Waals surface area contributed by atoms with E-state index in [1.807, 2.05) is 0 Å². The van der Waals surface area contributed by atoms with Gasteiger partial charge in [-0.3, -0.25) is 14.5 Å². The van der Waals surface area contributed by atoms with Crippen LogP contribution in [0.2, 0.25) is 0 Å². The molecule has 2 aromatic rings. The molecular formula is C16H10F3NO3. The Balaban J connectivity index is 2.28. The number of amides is 1. The minimum atomic E-state index is -5.21. The molecule has 1 N–H and O–H groups in total. The third kappa shape index (κ3) is 2.04. The molecule has 0 aromatic heterocycles. The molecule has 0 radical (unpaired) electrons. The van der Waals surface area contributed by atoms with Crippen LogP contribution in [0.5, 0.6) is 0 Å². The number of carbonyl (C=O) groups is 2. The van der Waals surface area contributed by atoms with Gasteiger partial charge in [0.05, 0.1) is 11.3 Å². The van der Waals surface area contributed by atoms with Crippen LogP contribution in [0.25, 0.3) is 0 Å². The first kappa shape index (κ1) is 15.2. The zero-order valence-electron chi connectivity index (χ0n) is 11.5. The molecule has 1 amide bonds. The van der Waals surface area contributed by atoms with Crippen LogP contribution < -0.4 is 4.90 Å². The summed E-state index contributed by atoms with van der Waals surface area (Å²) in [7, 11) is 0. The topological polar surface area (TPSA) is 57.6 Å². The SMILES string of the molecule is O=C1C(=O)N([C@](O)(c2ccccc2)C(F)(F)F)c2ccccc21. The quantitative estimate of drug-likeness (QED) is 0.865. The van der Waals surface area contributed by atoms with Crippen molar-refractivity contribution < 1.29 is 27.9 Å². The maximum absolute atomic E-state index is 13.7. The largest absolute Gasteiger partial charge is 0.441 e. The van der Waals surface area contributed by atoms with Crippen LogP contribution in [-0.2, 0) is 10.5 Å². The van der Waals surface area contributed by atoms with Crippen LogP contribution >= 0.6 is 0 Å². The highest BCUT2D eigenvalue weighted by Crippen LogP contribution is 2.47. The van der Waals surface area contributed by atoms with Crippen molar-refractivity contribution in [2.24, 2.45) is 0 Å². The number of Topliss-reactive ketones (excluding diaryl/α,β-unsaturated/α-hetero) is 1. The number of hydrogen-bond acceptors (Lipinski definition) is 3. The number of aliphatic hydroxyl groups is 1. The number of para-hydroxylation sites is 1. The van der Waals surface area contributed by atoms with Gasteiger partial charge in [-0.2, -0.15) is 13.2 Å². The average molecular weight is 321 g/mol. The molecule has 4 nitrogen and oxygen atoms in total. The highest BCUT2D eigenvalue weighted by molar-refractivity contribution is 6.52. The van der Waals surface area contributed by atoms with Crippen LogP contribution in [0.3, 0.4) is 0 Å². The summed E-state index contributed by atoms with van der Waals surface area (Å²) in [4.78, 5) is 24.2. The molecule has 0 unspecified atom stereocenters. The van der Waals surface area contributed by atoms with E-state index < -0.39 is 29.2 Å². The number of carbonyl (C=O) groups excluding carboxylic acids is 2. The smallest absolute Gasteiger partial charge is 0.359 e. The molecule has 1 atom stereocenters. The van der Waals surface area contributed by atoms with Gasteiger partial charge in [-0.05, 0) is 12.1 Å². The Hall–Kier alpha value is -2.67. The molecule has 0 aliphatic carbocycles. The van der Waals surface area contributed by atoms with Gasteiger partial charge in [-0.15, -0.1) is 0 Å². The molecular weight excluding hydrogens is 311 g/mol. The monoisotopic (exact) mass is 321 g/mol. The lowest BCUT2D eigenvalue weighted by Gasteiger charge is -2.38. The second-order valence-corrected chi connectivity index (χ2v) is 5.02. The maximum atomic E-state index is 13.7. The number of alkyl halides is 3. The zero-order valence-corrected chi connectivity index (χ0v) is 11.5. The van der Waals surface area contributed by atoms with Crippen LogP contribution in [0.15, 0.2) is 54.6 Å². The molecule has 118 valence electrons. The summed E-state index contributed by atoms with van der Waals surface area (Å²) in [5.41, 5.74) is -4.62. The Morgan fingerprint density at radius 1 is 0.870 bits per heavy atom. The molecule has 0 saturated heterocycles. The van der Waals surface area contributed by atoms with Gasteiger partial charge in [-0.25, -0.2) is 0 Å². The second kappa shape index (κ2) is 4.92. The first-order valence-electron chi connectivity index (χ1n) is 6.61. The number of hydrogen-bond donors (Lipinski definition) is 1. The van der Waals surface area contributed by atoms with Crippen molar-refractivity contribution in [1.29, 1.82) is 0 Å². The van der Waals surface area contributed by atoms with E-state index in [1.165, 1.54) is 42.5 Å². The summed E-state index contributed by atoms with van der Waals surface area (Å²) in [6.45, 7) is 0. The molecule has 1 aliphatic rings. The lowest BCUT2D eigenvalue weighted by molar-refractivity contribution is -0.264. The van der Waals surface area contributed by atoms with E-state index in [9.17, 15) is 27.9 Å². The number of ketones is 1. The third-order valence-corrected chi connectivity index (χ3v) is 3.68. The van der Waals surface area contributed by atoms with Crippen LogP contribution in [-0.4, -0.2) is 23.0 Å². The van der Waals surface area contributed by atoms with Crippen molar-refractivity contribution >= 4 is 17.4 Å². The Morgan fingerprint density at radius 2 is 1.43 bits per heavy atom. The van der Waals surface area contributed by atoms with E-state index in [1.54, 1.807) is 0 Å². The summed E-state index contributed by atoms with van der Waals surface area (Å²) in [6, 6.07) is 11.4. The lowest BCUT2D eigenvalue weighted by Crippen LogP contribution is -2.58. The van der Waals surface area contributed by atoms with Crippen molar-refractivity contribution in [3.8, 4) is 0 Å². The number of halogens is 3. The Kier molecular flexibility index (Phi) is 3.26. The number of fused-ring (bicyclic) bond motifs is 1. The fourth-order valence-electron chi connectivity index (χ4n) is 2.60. The fourth-order valence-corrected chi connectivity index (χ4v) is 2.60. The highest BCUT2D eigenvalue weighted by Gasteiger charge is 2.64. The van der Waals surface area contributed by atoms with Gasteiger partial charge < -0.3 is 5.11 Å². The number of rotatable bonds is 2. The van der Waals surface area contributed by atoms with E-state index in [-0.39, 0.29) is 16.2 Å². The Morgan fingerprint density at radius 3 is 2.04 bits per heavy atom. The molecule has 2 aromatic carbocycles. The van der Waals surface area contributed by atoms with Gasteiger partial charge in [0.25, 0.3) is 11.5 Å². The molecule has 23 heavy (non-hydrogen) atoms. The van der Waals surface area contributed by atoms with Crippen LogP contribution in [0, 0.1) is 0 Å². The lowest BCUT2D eigenvalue weighted by atomic mass is 10.00. The minimum absolute atomic E-state index is 0.111. The normalized spacial score (nSPS) is 17.1. The maximum Gasteiger partial charge on any atom is 0.441 e. The van der Waals surface area contributed by atoms with Crippen molar-refractivity contribution in [3.63, 3.8) is 0 Å². The predicted molar refractivity (Wildman–Crippen MR) is 74.7 cm³/mol. The second-order valence-electron chi connectivity index (χ2n) is 5.02. The van der Waals surface area contributed by atoms with Gasteiger partial charge in [-0.1, -0.05) is 42.5 Å². The standard InChI is InChI=1S/C16H10F3NO3/c17-16(18,19)15(23,10-6-2-1-3-7-10)20-12-9-5-4-8-11(12)13(21)14(20)22/h1-9,23H/t15-/m0/s1. The first-order valence-corrected chi connectivity index (χ1v) is 6.61. The van der Waals surface area contributed by atoms with Gasteiger partial charge >= 0.3 is 12.1 Å². The van der Waals surface area contributed by atoms with Crippen molar-refractivity contribution in [1.82, 2.24) is 0 Å². The molecule has 0 fully saturated rings. The first-order chi connectivity index (χ1) is 10.8. The van der Waals surface area contributed by atoms with E-state index in [2.05, 4.69) is 0 Å². The average Bonchev–Trinajstić information content (AvgIpc) is 2.79. The van der Waals surface area contributed by atoms with Crippen molar-refractivity contribution in [2.45, 2.75) is 11.9 Å². The molecule has 7 heteroatoms. The number of anilines is 1. The third-order valence-electron chi connectivity index (χ3n) is 3.68. The van der Waals surface area contributed by atoms with Gasteiger partial charge in [0.1, 0.15) is 0 Å². The summed E-state index contributed by atoms with van der Waals surface area (Å²) < 4.78 is 41.0. The summed E-state index contributed by atoms with van der Waals surface area (Å²) in [5, 5.41) is 10.5. The Labute approximate surface area is 128 Å². The van der Waals surface area contributed by atoms with E-state index in [4.69, 9.17) is 0 Å². The Bertz CT molecular complexity index is 789. The molecule has 0 saturated carbocycles. The van der Waals surface area contributed by atoms with Crippen LogP contribution in [0.4, 0.5) is 18.9 Å². The zero-order chi connectivity index (χ0) is 16.8. The number of nitrogens with zero attached hydrogens (tertiary/aromatic N) is 1. The number of benzene rings is 2. The summed E-state index contributed by atoms with van der Waals surface area (Å²) >= 11 is 0. The van der Waals surface area contributed by atoms with E-state index in [0.717, 1.165) is 12.1 Å². The molecule has 0 spiro atoms. The fraction of sp³-hybridized carbons (Fsp3) is 0.125. The molecule has 1 aliphatic heterocycles. The van der Waals surface area contributed by atoms with Crippen LogP contribution in [0.1, 0.15) is 15.9 Å². The van der Waals surface area contributed by atoms with E-state index in [0.29, 0.717) is 0 Å². The van der Waals surface area contributed by atoms with Gasteiger partial charge in [0.15, 0.2) is 0 Å². The van der Waals surface area contributed by atoms with Crippen molar-refractivity contribution in [2.75, 3.05) is 4.90 Å². The van der Waals surface area contributed by atoms with E-state index >= 15 is 0 Å². The summed E-state index contributed by atoms with van der Waals surface area (Å²) in [5.74, 6) is -2.51. The summed E-state index contributed by atoms with van der Waals surface area (Å²) in [6.07, 6.45) is -5.21.